The Morgan fingerprint density at radius 1 is 1.17 bits per heavy atom. The van der Waals surface area contributed by atoms with Gasteiger partial charge in [0.05, 0.1) is 23.5 Å². The molecular formula is C17H17NO5S. The molecule has 0 aromatic heterocycles. The molecule has 24 heavy (non-hydrogen) atoms. The van der Waals surface area contributed by atoms with E-state index in [4.69, 9.17) is 9.84 Å². The first-order valence-corrected chi connectivity index (χ1v) is 8.88. The summed E-state index contributed by atoms with van der Waals surface area (Å²) in [5.74, 6) is -0.565. The standard InChI is InChI=1S/C17H17NO5S/c1-12-5-4-6-13(9-12)23-14-10-18(11-14)24(21,22)16-8-3-2-7-15(16)17(19)20/h2-9,14H,10-11H2,1H3,(H,19,20). The Morgan fingerprint density at radius 2 is 1.88 bits per heavy atom. The minimum atomic E-state index is -3.84. The highest BCUT2D eigenvalue weighted by molar-refractivity contribution is 7.89. The van der Waals surface area contributed by atoms with E-state index in [1.807, 2.05) is 31.2 Å². The molecule has 2 aromatic rings. The minimum Gasteiger partial charge on any atom is -0.488 e. The number of sulfonamides is 1. The van der Waals surface area contributed by atoms with Gasteiger partial charge >= 0.3 is 5.97 Å². The molecule has 6 nitrogen and oxygen atoms in total. The first kappa shape index (κ1) is 16.5. The Morgan fingerprint density at radius 3 is 2.54 bits per heavy atom. The number of hydrogen-bond donors (Lipinski definition) is 1. The molecule has 7 heteroatoms. The zero-order valence-electron chi connectivity index (χ0n) is 13.0. The number of carboxylic acids is 1. The predicted octanol–water partition coefficient (Wildman–Crippen LogP) is 2.15. The van der Waals surface area contributed by atoms with E-state index in [9.17, 15) is 13.2 Å². The molecule has 0 bridgehead atoms. The van der Waals surface area contributed by atoms with Crippen LogP contribution in [0, 0.1) is 6.92 Å². The van der Waals surface area contributed by atoms with Crippen molar-refractivity contribution < 1.29 is 23.1 Å². The first-order valence-electron chi connectivity index (χ1n) is 7.44. The van der Waals surface area contributed by atoms with Crippen LogP contribution in [0.2, 0.25) is 0 Å². The first-order chi connectivity index (χ1) is 11.4. The van der Waals surface area contributed by atoms with Gasteiger partial charge in [0, 0.05) is 0 Å². The molecule has 0 aliphatic carbocycles. The van der Waals surface area contributed by atoms with Crippen molar-refractivity contribution in [2.45, 2.75) is 17.9 Å². The van der Waals surface area contributed by atoms with Gasteiger partial charge in [-0.25, -0.2) is 13.2 Å². The highest BCUT2D eigenvalue weighted by atomic mass is 32.2. The van der Waals surface area contributed by atoms with E-state index in [0.29, 0.717) is 5.75 Å². The van der Waals surface area contributed by atoms with Crippen molar-refractivity contribution in [1.82, 2.24) is 4.31 Å². The molecule has 3 rings (SSSR count). The lowest BCUT2D eigenvalue weighted by Crippen LogP contribution is -2.56. The number of hydrogen-bond acceptors (Lipinski definition) is 4. The van der Waals surface area contributed by atoms with Gasteiger partial charge in [0.1, 0.15) is 11.9 Å². The van der Waals surface area contributed by atoms with Crippen LogP contribution in [0.25, 0.3) is 0 Å². The second kappa shape index (κ2) is 6.26. The third-order valence-corrected chi connectivity index (χ3v) is 5.73. The summed E-state index contributed by atoms with van der Waals surface area (Å²) in [4.78, 5) is 11.0. The molecular weight excluding hydrogens is 330 g/mol. The summed E-state index contributed by atoms with van der Waals surface area (Å²) in [5, 5.41) is 9.17. The van der Waals surface area contributed by atoms with Crippen LogP contribution in [0.15, 0.2) is 53.4 Å². The van der Waals surface area contributed by atoms with Gasteiger partial charge in [-0.05, 0) is 36.8 Å². The lowest BCUT2D eigenvalue weighted by atomic mass is 10.2. The van der Waals surface area contributed by atoms with E-state index in [-0.39, 0.29) is 29.7 Å². The summed E-state index contributed by atoms with van der Waals surface area (Å²) >= 11 is 0. The van der Waals surface area contributed by atoms with E-state index in [1.54, 1.807) is 0 Å². The molecule has 0 atom stereocenters. The molecule has 1 heterocycles. The maximum atomic E-state index is 12.6. The van der Waals surface area contributed by atoms with Gasteiger partial charge in [0.2, 0.25) is 10.0 Å². The molecule has 0 unspecified atom stereocenters. The topological polar surface area (TPSA) is 83.9 Å². The van der Waals surface area contributed by atoms with Crippen LogP contribution in [0.4, 0.5) is 0 Å². The molecule has 0 spiro atoms. The summed E-state index contributed by atoms with van der Waals surface area (Å²) in [6, 6.07) is 13.2. The molecule has 1 aliphatic heterocycles. The SMILES string of the molecule is Cc1cccc(OC2CN(S(=O)(=O)c3ccccc3C(=O)O)C2)c1. The molecule has 2 aromatic carbocycles. The number of carbonyl (C=O) groups is 1. The van der Waals surface area contributed by atoms with Crippen LogP contribution >= 0.6 is 0 Å². The summed E-state index contributed by atoms with van der Waals surface area (Å²) < 4.78 is 32.2. The van der Waals surface area contributed by atoms with Crippen molar-refractivity contribution in [1.29, 1.82) is 0 Å². The fourth-order valence-electron chi connectivity index (χ4n) is 2.56. The van der Waals surface area contributed by atoms with Gasteiger partial charge in [0.25, 0.3) is 0 Å². The molecule has 1 aliphatic rings. The maximum absolute atomic E-state index is 12.6. The van der Waals surface area contributed by atoms with Crippen molar-refractivity contribution in [3.63, 3.8) is 0 Å². The third-order valence-electron chi connectivity index (χ3n) is 3.84. The third kappa shape index (κ3) is 3.13. The number of benzene rings is 2. The van der Waals surface area contributed by atoms with E-state index in [0.717, 1.165) is 5.56 Å². The molecule has 0 amide bonds. The number of ether oxygens (including phenoxy) is 1. The van der Waals surface area contributed by atoms with Gasteiger partial charge < -0.3 is 9.84 Å². The number of nitrogens with zero attached hydrogens (tertiary/aromatic N) is 1. The largest absolute Gasteiger partial charge is 0.488 e. The van der Waals surface area contributed by atoms with Gasteiger partial charge in [-0.3, -0.25) is 0 Å². The minimum absolute atomic E-state index is 0.188. The second-order valence-corrected chi connectivity index (χ2v) is 7.59. The summed E-state index contributed by atoms with van der Waals surface area (Å²) in [6.07, 6.45) is -0.237. The number of carboxylic acid groups (broad SMARTS) is 1. The van der Waals surface area contributed by atoms with Gasteiger partial charge in [-0.15, -0.1) is 0 Å². The van der Waals surface area contributed by atoms with Crippen molar-refractivity contribution in [3.8, 4) is 5.75 Å². The van der Waals surface area contributed by atoms with Crippen LogP contribution in [0.1, 0.15) is 15.9 Å². The zero-order valence-corrected chi connectivity index (χ0v) is 13.9. The smallest absolute Gasteiger partial charge is 0.337 e. The van der Waals surface area contributed by atoms with Crippen molar-refractivity contribution in [3.05, 3.63) is 59.7 Å². The molecule has 0 saturated carbocycles. The van der Waals surface area contributed by atoms with E-state index >= 15 is 0 Å². The van der Waals surface area contributed by atoms with E-state index < -0.39 is 16.0 Å². The second-order valence-electron chi connectivity index (χ2n) is 5.68. The Labute approximate surface area is 140 Å². The Hall–Kier alpha value is -2.38. The van der Waals surface area contributed by atoms with Gasteiger partial charge in [-0.2, -0.15) is 4.31 Å². The summed E-state index contributed by atoms with van der Waals surface area (Å²) in [7, 11) is -3.84. The van der Waals surface area contributed by atoms with Gasteiger partial charge in [0.15, 0.2) is 0 Å². The van der Waals surface area contributed by atoms with Crippen LogP contribution in [-0.2, 0) is 10.0 Å². The van der Waals surface area contributed by atoms with Crippen molar-refractivity contribution >= 4 is 16.0 Å². The van der Waals surface area contributed by atoms with Crippen LogP contribution < -0.4 is 4.74 Å². The normalized spacial score (nSPS) is 15.7. The lowest BCUT2D eigenvalue weighted by Gasteiger charge is -2.38. The molecule has 1 saturated heterocycles. The number of rotatable bonds is 5. The predicted molar refractivity (Wildman–Crippen MR) is 87.8 cm³/mol. The van der Waals surface area contributed by atoms with Crippen molar-refractivity contribution in [2.24, 2.45) is 0 Å². The fraction of sp³-hybridized carbons (Fsp3) is 0.235. The van der Waals surface area contributed by atoms with Gasteiger partial charge in [-0.1, -0.05) is 24.3 Å². The number of aryl methyl sites for hydroxylation is 1. The summed E-state index contributed by atoms with van der Waals surface area (Å²) in [6.45, 7) is 2.35. The van der Waals surface area contributed by atoms with Crippen LogP contribution in [-0.4, -0.2) is 43.0 Å². The molecule has 1 fully saturated rings. The zero-order chi connectivity index (χ0) is 17.3. The highest BCUT2D eigenvalue weighted by Crippen LogP contribution is 2.27. The quantitative estimate of drug-likeness (QED) is 0.896. The Balaban J connectivity index is 1.72. The molecule has 0 radical (unpaired) electrons. The highest BCUT2D eigenvalue weighted by Gasteiger charge is 2.39. The monoisotopic (exact) mass is 347 g/mol. The Kier molecular flexibility index (Phi) is 4.29. The Bertz CT molecular complexity index is 872. The molecule has 126 valence electrons. The molecule has 1 N–H and O–H groups in total. The van der Waals surface area contributed by atoms with E-state index in [1.165, 1.54) is 28.6 Å². The fourth-order valence-corrected chi connectivity index (χ4v) is 4.25. The average Bonchev–Trinajstić information content (AvgIpc) is 2.50. The van der Waals surface area contributed by atoms with Crippen LogP contribution in [0.5, 0.6) is 5.75 Å². The van der Waals surface area contributed by atoms with Crippen molar-refractivity contribution in [2.75, 3.05) is 13.1 Å². The van der Waals surface area contributed by atoms with Crippen LogP contribution in [0.3, 0.4) is 0 Å². The van der Waals surface area contributed by atoms with E-state index in [2.05, 4.69) is 0 Å². The average molecular weight is 347 g/mol. The lowest BCUT2D eigenvalue weighted by molar-refractivity contribution is 0.0689. The summed E-state index contributed by atoms with van der Waals surface area (Å²) in [5.41, 5.74) is 0.840. The number of aromatic carboxylic acids is 1. The maximum Gasteiger partial charge on any atom is 0.337 e.